The molecule has 0 atom stereocenters. The maximum absolute atomic E-state index is 12.8. The number of aromatic nitrogens is 1. The summed E-state index contributed by atoms with van der Waals surface area (Å²) in [4.78, 5) is 4.14. The highest BCUT2D eigenvalue weighted by atomic mass is 19.1. The van der Waals surface area contributed by atoms with E-state index in [-0.39, 0.29) is 5.82 Å². The van der Waals surface area contributed by atoms with Crippen molar-refractivity contribution in [1.82, 2.24) is 10.3 Å². The Bertz CT molecular complexity index is 466. The predicted octanol–water partition coefficient (Wildman–Crippen LogP) is 2.77. The van der Waals surface area contributed by atoms with Crippen LogP contribution in [-0.4, -0.2) is 4.98 Å². The molecule has 0 saturated heterocycles. The molecule has 0 bridgehead atoms. The topological polar surface area (TPSA) is 24.9 Å². The van der Waals surface area contributed by atoms with E-state index in [2.05, 4.69) is 17.3 Å². The van der Waals surface area contributed by atoms with Gasteiger partial charge in [0.15, 0.2) is 0 Å². The molecule has 1 heterocycles. The van der Waals surface area contributed by atoms with Crippen LogP contribution in [0.3, 0.4) is 0 Å². The highest BCUT2D eigenvalue weighted by molar-refractivity contribution is 5.62. The Hall–Kier alpha value is -1.74. The largest absolute Gasteiger partial charge is 0.311 e. The van der Waals surface area contributed by atoms with Gasteiger partial charge in [-0.25, -0.2) is 4.39 Å². The molecular weight excluding hydrogens is 203 g/mol. The lowest BCUT2D eigenvalue weighted by Crippen LogP contribution is -2.02. The van der Waals surface area contributed by atoms with Gasteiger partial charge in [0.25, 0.3) is 0 Å². The summed E-state index contributed by atoms with van der Waals surface area (Å²) >= 11 is 0. The number of benzene rings is 1. The lowest BCUT2D eigenvalue weighted by atomic mass is 10.1. The van der Waals surface area contributed by atoms with Crippen LogP contribution in [0.25, 0.3) is 11.1 Å². The van der Waals surface area contributed by atoms with Crippen molar-refractivity contribution in [2.75, 3.05) is 0 Å². The Balaban J connectivity index is 2.32. The first kappa shape index (κ1) is 10.8. The number of hydrogen-bond donors (Lipinski definition) is 1. The van der Waals surface area contributed by atoms with E-state index >= 15 is 0 Å². The van der Waals surface area contributed by atoms with Crippen LogP contribution in [0.2, 0.25) is 0 Å². The number of rotatable bonds is 3. The highest BCUT2D eigenvalue weighted by Crippen LogP contribution is 2.19. The summed E-state index contributed by atoms with van der Waals surface area (Å²) in [7, 11) is 3.57. The second-order valence-electron chi connectivity index (χ2n) is 3.52. The van der Waals surface area contributed by atoms with Gasteiger partial charge in [0.1, 0.15) is 5.82 Å². The standard InChI is InChI=1S/C13H12FN2/c1-15-7-10-6-12(9-16-8-10)11-2-4-13(14)5-3-11/h2-6,8-9,15H,1,7H2. The zero-order valence-electron chi connectivity index (χ0n) is 8.78. The van der Waals surface area contributed by atoms with Crippen molar-refractivity contribution in [3.05, 3.63) is 61.2 Å². The normalized spacial score (nSPS) is 10.4. The Kier molecular flexibility index (Phi) is 3.27. The zero-order valence-corrected chi connectivity index (χ0v) is 8.78. The van der Waals surface area contributed by atoms with E-state index in [1.165, 1.54) is 12.1 Å². The smallest absolute Gasteiger partial charge is 0.123 e. The van der Waals surface area contributed by atoms with Crippen molar-refractivity contribution in [3.8, 4) is 11.1 Å². The lowest BCUT2D eigenvalue weighted by Gasteiger charge is -2.04. The third-order valence-electron chi connectivity index (χ3n) is 2.30. The number of pyridine rings is 1. The molecule has 1 aromatic heterocycles. The van der Waals surface area contributed by atoms with E-state index in [1.54, 1.807) is 24.5 Å². The average Bonchev–Trinajstić information content (AvgIpc) is 2.31. The van der Waals surface area contributed by atoms with Crippen LogP contribution >= 0.6 is 0 Å². The molecule has 0 spiro atoms. The summed E-state index contributed by atoms with van der Waals surface area (Å²) < 4.78 is 12.8. The van der Waals surface area contributed by atoms with Gasteiger partial charge >= 0.3 is 0 Å². The van der Waals surface area contributed by atoms with Crippen molar-refractivity contribution >= 4 is 0 Å². The van der Waals surface area contributed by atoms with E-state index in [1.807, 2.05) is 6.07 Å². The van der Waals surface area contributed by atoms with Gasteiger partial charge in [-0.2, -0.15) is 0 Å². The molecule has 1 radical (unpaired) electrons. The van der Waals surface area contributed by atoms with Crippen LogP contribution in [0.1, 0.15) is 5.56 Å². The van der Waals surface area contributed by atoms with Crippen molar-refractivity contribution < 1.29 is 4.39 Å². The quantitative estimate of drug-likeness (QED) is 0.851. The molecule has 0 unspecified atom stereocenters. The summed E-state index contributed by atoms with van der Waals surface area (Å²) in [5.41, 5.74) is 2.99. The Labute approximate surface area is 94.2 Å². The van der Waals surface area contributed by atoms with Gasteiger partial charge in [-0.15, -0.1) is 0 Å². The minimum atomic E-state index is -0.229. The molecule has 1 aromatic carbocycles. The van der Waals surface area contributed by atoms with Crippen LogP contribution in [0.5, 0.6) is 0 Å². The van der Waals surface area contributed by atoms with Crippen LogP contribution in [0.15, 0.2) is 42.7 Å². The first-order valence-corrected chi connectivity index (χ1v) is 4.99. The lowest BCUT2D eigenvalue weighted by molar-refractivity contribution is 0.628. The number of nitrogens with one attached hydrogen (secondary N) is 1. The molecular formula is C13H12FN2. The van der Waals surface area contributed by atoms with Crippen molar-refractivity contribution in [2.24, 2.45) is 0 Å². The fourth-order valence-electron chi connectivity index (χ4n) is 1.53. The highest BCUT2D eigenvalue weighted by Gasteiger charge is 2.00. The Morgan fingerprint density at radius 2 is 1.88 bits per heavy atom. The fourth-order valence-corrected chi connectivity index (χ4v) is 1.53. The third kappa shape index (κ3) is 2.44. The van der Waals surface area contributed by atoms with Crippen molar-refractivity contribution in [1.29, 1.82) is 0 Å². The Morgan fingerprint density at radius 1 is 1.12 bits per heavy atom. The second kappa shape index (κ2) is 4.86. The molecule has 1 N–H and O–H groups in total. The molecule has 0 aliphatic carbocycles. The van der Waals surface area contributed by atoms with Gasteiger partial charge in [-0.3, -0.25) is 4.98 Å². The van der Waals surface area contributed by atoms with E-state index < -0.39 is 0 Å². The number of hydrogen-bond acceptors (Lipinski definition) is 2. The predicted molar refractivity (Wildman–Crippen MR) is 61.8 cm³/mol. The van der Waals surface area contributed by atoms with Gasteiger partial charge in [0, 0.05) is 31.5 Å². The zero-order chi connectivity index (χ0) is 11.4. The van der Waals surface area contributed by atoms with E-state index in [0.29, 0.717) is 6.54 Å². The number of halogens is 1. The maximum atomic E-state index is 12.8. The number of nitrogens with zero attached hydrogens (tertiary/aromatic N) is 1. The van der Waals surface area contributed by atoms with E-state index in [9.17, 15) is 4.39 Å². The van der Waals surface area contributed by atoms with Crippen LogP contribution < -0.4 is 5.32 Å². The molecule has 2 nitrogen and oxygen atoms in total. The van der Waals surface area contributed by atoms with E-state index in [4.69, 9.17) is 0 Å². The molecule has 0 aliphatic rings. The third-order valence-corrected chi connectivity index (χ3v) is 2.30. The summed E-state index contributed by atoms with van der Waals surface area (Å²) in [6.07, 6.45) is 3.55. The summed E-state index contributed by atoms with van der Waals surface area (Å²) in [6, 6.07) is 8.39. The molecule has 0 amide bonds. The van der Waals surface area contributed by atoms with Gasteiger partial charge in [0.2, 0.25) is 0 Å². The molecule has 3 heteroatoms. The van der Waals surface area contributed by atoms with Crippen molar-refractivity contribution in [2.45, 2.75) is 6.54 Å². The molecule has 81 valence electrons. The second-order valence-corrected chi connectivity index (χ2v) is 3.52. The maximum Gasteiger partial charge on any atom is 0.123 e. The average molecular weight is 215 g/mol. The molecule has 0 fully saturated rings. The molecule has 2 rings (SSSR count). The van der Waals surface area contributed by atoms with E-state index in [0.717, 1.165) is 16.7 Å². The first-order chi connectivity index (χ1) is 7.79. The molecule has 2 aromatic rings. The Morgan fingerprint density at radius 3 is 2.56 bits per heavy atom. The summed E-state index contributed by atoms with van der Waals surface area (Å²) in [6.45, 7) is 0.669. The monoisotopic (exact) mass is 215 g/mol. The minimum absolute atomic E-state index is 0.229. The van der Waals surface area contributed by atoms with Gasteiger partial charge in [0.05, 0.1) is 0 Å². The van der Waals surface area contributed by atoms with Crippen LogP contribution in [-0.2, 0) is 6.54 Å². The molecule has 0 aliphatic heterocycles. The summed E-state index contributed by atoms with van der Waals surface area (Å²) in [5, 5.41) is 2.82. The van der Waals surface area contributed by atoms with Crippen LogP contribution in [0, 0.1) is 12.9 Å². The molecule has 0 saturated carbocycles. The van der Waals surface area contributed by atoms with Gasteiger partial charge < -0.3 is 5.32 Å². The van der Waals surface area contributed by atoms with Crippen molar-refractivity contribution in [3.63, 3.8) is 0 Å². The minimum Gasteiger partial charge on any atom is -0.311 e. The summed E-state index contributed by atoms with van der Waals surface area (Å²) in [5.74, 6) is -0.229. The van der Waals surface area contributed by atoms with Gasteiger partial charge in [-0.05, 0) is 29.3 Å². The fraction of sp³-hybridized carbons (Fsp3) is 0.0769. The van der Waals surface area contributed by atoms with Gasteiger partial charge in [-0.1, -0.05) is 12.1 Å². The first-order valence-electron chi connectivity index (χ1n) is 4.99. The molecule has 16 heavy (non-hydrogen) atoms. The SMILES string of the molecule is [CH2]NCc1cncc(-c2ccc(F)cc2)c1. The van der Waals surface area contributed by atoms with Crippen LogP contribution in [0.4, 0.5) is 4.39 Å².